The van der Waals surface area contributed by atoms with Crippen molar-refractivity contribution in [3.8, 4) is 5.75 Å². The summed E-state index contributed by atoms with van der Waals surface area (Å²) in [5, 5.41) is 9.49. The van der Waals surface area contributed by atoms with Gasteiger partial charge in [0, 0.05) is 24.7 Å². The second-order valence-corrected chi connectivity index (χ2v) is 5.07. The summed E-state index contributed by atoms with van der Waals surface area (Å²) in [6, 6.07) is 5.10. The maximum absolute atomic E-state index is 12.4. The molecule has 18 heavy (non-hydrogen) atoms. The molecule has 1 fully saturated rings. The number of aromatic hydroxyl groups is 1. The highest BCUT2D eigenvalue weighted by Crippen LogP contribution is 2.26. The number of phenolic OH excluding ortho intramolecular Hbond substituents is 1. The van der Waals surface area contributed by atoms with E-state index < -0.39 is 0 Å². The first kappa shape index (κ1) is 12.9. The highest BCUT2D eigenvalue weighted by molar-refractivity contribution is 5.95. The van der Waals surface area contributed by atoms with Crippen molar-refractivity contribution < 1.29 is 9.90 Å². The SMILES string of the molecule is Cc1cc(C(=O)N2CCC(C)C2CN)ccc1O. The van der Waals surface area contributed by atoms with E-state index in [1.54, 1.807) is 25.1 Å². The Hall–Kier alpha value is -1.55. The lowest BCUT2D eigenvalue weighted by Gasteiger charge is -2.26. The van der Waals surface area contributed by atoms with Gasteiger partial charge in [-0.25, -0.2) is 0 Å². The maximum Gasteiger partial charge on any atom is 0.254 e. The standard InChI is InChI=1S/C14H20N2O2/c1-9-5-6-16(12(9)8-15)14(18)11-3-4-13(17)10(2)7-11/h3-4,7,9,12,17H,5-6,8,15H2,1-2H3. The van der Waals surface area contributed by atoms with E-state index >= 15 is 0 Å². The molecular weight excluding hydrogens is 228 g/mol. The number of rotatable bonds is 2. The Morgan fingerprint density at radius 2 is 2.28 bits per heavy atom. The first-order valence-corrected chi connectivity index (χ1v) is 6.35. The van der Waals surface area contributed by atoms with Gasteiger partial charge in [0.25, 0.3) is 5.91 Å². The van der Waals surface area contributed by atoms with Crippen LogP contribution in [-0.2, 0) is 0 Å². The van der Waals surface area contributed by atoms with E-state index in [4.69, 9.17) is 5.73 Å². The Kier molecular flexibility index (Phi) is 3.57. The van der Waals surface area contributed by atoms with Crippen molar-refractivity contribution in [1.82, 2.24) is 4.90 Å². The van der Waals surface area contributed by atoms with Crippen LogP contribution in [0, 0.1) is 12.8 Å². The Morgan fingerprint density at radius 1 is 1.56 bits per heavy atom. The van der Waals surface area contributed by atoms with Crippen molar-refractivity contribution in [3.63, 3.8) is 0 Å². The smallest absolute Gasteiger partial charge is 0.254 e. The molecule has 98 valence electrons. The maximum atomic E-state index is 12.4. The van der Waals surface area contributed by atoms with E-state index in [0.717, 1.165) is 18.5 Å². The fourth-order valence-corrected chi connectivity index (χ4v) is 2.57. The van der Waals surface area contributed by atoms with Crippen molar-refractivity contribution in [1.29, 1.82) is 0 Å². The van der Waals surface area contributed by atoms with Crippen LogP contribution < -0.4 is 5.73 Å². The van der Waals surface area contributed by atoms with Gasteiger partial charge in [0.2, 0.25) is 0 Å². The molecule has 1 amide bonds. The van der Waals surface area contributed by atoms with Gasteiger partial charge in [-0.3, -0.25) is 4.79 Å². The number of likely N-dealkylation sites (tertiary alicyclic amines) is 1. The fraction of sp³-hybridized carbons (Fsp3) is 0.500. The van der Waals surface area contributed by atoms with E-state index in [0.29, 0.717) is 18.0 Å². The first-order chi connectivity index (χ1) is 8.54. The molecule has 1 aromatic rings. The number of nitrogens with zero attached hydrogens (tertiary/aromatic N) is 1. The van der Waals surface area contributed by atoms with E-state index in [9.17, 15) is 9.90 Å². The van der Waals surface area contributed by atoms with Gasteiger partial charge < -0.3 is 15.7 Å². The van der Waals surface area contributed by atoms with Gasteiger partial charge in [-0.05, 0) is 43.0 Å². The zero-order valence-corrected chi connectivity index (χ0v) is 10.9. The Labute approximate surface area is 107 Å². The molecule has 2 rings (SSSR count). The lowest BCUT2D eigenvalue weighted by molar-refractivity contribution is 0.0727. The Bertz CT molecular complexity index is 459. The average Bonchev–Trinajstić information content (AvgIpc) is 2.73. The molecule has 1 heterocycles. The highest BCUT2D eigenvalue weighted by atomic mass is 16.3. The van der Waals surface area contributed by atoms with Crippen LogP contribution in [0.25, 0.3) is 0 Å². The summed E-state index contributed by atoms with van der Waals surface area (Å²) in [5.41, 5.74) is 7.09. The molecule has 2 unspecified atom stereocenters. The van der Waals surface area contributed by atoms with Gasteiger partial charge in [0.15, 0.2) is 0 Å². The van der Waals surface area contributed by atoms with Crippen molar-refractivity contribution in [2.75, 3.05) is 13.1 Å². The van der Waals surface area contributed by atoms with Crippen molar-refractivity contribution in [3.05, 3.63) is 29.3 Å². The molecule has 0 saturated carbocycles. The topological polar surface area (TPSA) is 66.6 Å². The molecule has 0 spiro atoms. The lowest BCUT2D eigenvalue weighted by atomic mass is 10.0. The summed E-state index contributed by atoms with van der Waals surface area (Å²) < 4.78 is 0. The van der Waals surface area contributed by atoms with Crippen LogP contribution in [0.4, 0.5) is 0 Å². The number of benzene rings is 1. The second kappa shape index (κ2) is 4.98. The van der Waals surface area contributed by atoms with E-state index in [-0.39, 0.29) is 17.7 Å². The van der Waals surface area contributed by atoms with Gasteiger partial charge in [-0.15, -0.1) is 0 Å². The molecule has 0 radical (unpaired) electrons. The summed E-state index contributed by atoms with van der Waals surface area (Å²) >= 11 is 0. The molecule has 0 aliphatic carbocycles. The Balaban J connectivity index is 2.23. The van der Waals surface area contributed by atoms with Crippen LogP contribution in [0.3, 0.4) is 0 Å². The minimum Gasteiger partial charge on any atom is -0.508 e. The molecular formula is C14H20N2O2. The zero-order valence-electron chi connectivity index (χ0n) is 10.9. The summed E-state index contributed by atoms with van der Waals surface area (Å²) in [6.07, 6.45) is 1.00. The molecule has 1 aliphatic rings. The number of carbonyl (C=O) groups is 1. The average molecular weight is 248 g/mol. The zero-order chi connectivity index (χ0) is 13.3. The predicted molar refractivity (Wildman–Crippen MR) is 70.5 cm³/mol. The van der Waals surface area contributed by atoms with Gasteiger partial charge in [0.05, 0.1) is 0 Å². The molecule has 1 aliphatic heterocycles. The third-order valence-corrected chi connectivity index (χ3v) is 3.83. The van der Waals surface area contributed by atoms with Crippen molar-refractivity contribution in [2.45, 2.75) is 26.3 Å². The van der Waals surface area contributed by atoms with Gasteiger partial charge in [-0.1, -0.05) is 6.92 Å². The minimum absolute atomic E-state index is 0.0119. The van der Waals surface area contributed by atoms with Crippen LogP contribution in [0.2, 0.25) is 0 Å². The fourth-order valence-electron chi connectivity index (χ4n) is 2.57. The van der Waals surface area contributed by atoms with Gasteiger partial charge in [-0.2, -0.15) is 0 Å². The van der Waals surface area contributed by atoms with Crippen LogP contribution in [0.5, 0.6) is 5.75 Å². The number of hydrogen-bond acceptors (Lipinski definition) is 3. The van der Waals surface area contributed by atoms with Crippen LogP contribution >= 0.6 is 0 Å². The van der Waals surface area contributed by atoms with E-state index in [2.05, 4.69) is 6.92 Å². The summed E-state index contributed by atoms with van der Waals surface area (Å²) in [4.78, 5) is 14.3. The summed E-state index contributed by atoms with van der Waals surface area (Å²) in [7, 11) is 0. The Morgan fingerprint density at radius 3 is 2.89 bits per heavy atom. The number of aryl methyl sites for hydroxylation is 1. The monoisotopic (exact) mass is 248 g/mol. The molecule has 0 bridgehead atoms. The molecule has 2 atom stereocenters. The van der Waals surface area contributed by atoms with Crippen LogP contribution in [0.1, 0.15) is 29.3 Å². The molecule has 4 nitrogen and oxygen atoms in total. The predicted octanol–water partition coefficient (Wildman–Crippen LogP) is 1.51. The molecule has 0 aromatic heterocycles. The molecule has 4 heteroatoms. The van der Waals surface area contributed by atoms with E-state index in [1.165, 1.54) is 0 Å². The molecule has 1 aromatic carbocycles. The number of hydrogen-bond donors (Lipinski definition) is 2. The van der Waals surface area contributed by atoms with E-state index in [1.807, 2.05) is 4.90 Å². The number of carbonyl (C=O) groups excluding carboxylic acids is 1. The van der Waals surface area contributed by atoms with Crippen LogP contribution in [0.15, 0.2) is 18.2 Å². The van der Waals surface area contributed by atoms with Crippen molar-refractivity contribution in [2.24, 2.45) is 11.7 Å². The first-order valence-electron chi connectivity index (χ1n) is 6.35. The van der Waals surface area contributed by atoms with Crippen molar-refractivity contribution >= 4 is 5.91 Å². The summed E-state index contributed by atoms with van der Waals surface area (Å²) in [5.74, 6) is 0.687. The molecule has 3 N–H and O–H groups in total. The highest BCUT2D eigenvalue weighted by Gasteiger charge is 2.33. The van der Waals surface area contributed by atoms with Crippen LogP contribution in [-0.4, -0.2) is 35.0 Å². The summed E-state index contributed by atoms with van der Waals surface area (Å²) in [6.45, 7) is 5.19. The minimum atomic E-state index is 0.0119. The van der Waals surface area contributed by atoms with Gasteiger partial charge in [0.1, 0.15) is 5.75 Å². The normalized spacial score (nSPS) is 23.4. The lowest BCUT2D eigenvalue weighted by Crippen LogP contribution is -2.42. The van der Waals surface area contributed by atoms with Gasteiger partial charge >= 0.3 is 0 Å². The number of nitrogens with two attached hydrogens (primary N) is 1. The quantitative estimate of drug-likeness (QED) is 0.833. The number of phenols is 1. The second-order valence-electron chi connectivity index (χ2n) is 5.07. The third kappa shape index (κ3) is 2.20. The molecule has 1 saturated heterocycles. The third-order valence-electron chi connectivity index (χ3n) is 3.83. The number of amides is 1. The largest absolute Gasteiger partial charge is 0.508 e.